The lowest BCUT2D eigenvalue weighted by molar-refractivity contribution is 0.732. The van der Waals surface area contributed by atoms with Crippen molar-refractivity contribution in [2.24, 2.45) is 5.73 Å². The van der Waals surface area contributed by atoms with E-state index in [1.165, 1.54) is 23.2 Å². The molecule has 0 spiro atoms. The Morgan fingerprint density at radius 3 is 2.62 bits per heavy atom. The molecule has 0 saturated carbocycles. The summed E-state index contributed by atoms with van der Waals surface area (Å²) in [6, 6.07) is 6.86. The first kappa shape index (κ1) is 13.0. The predicted molar refractivity (Wildman–Crippen MR) is 72.1 cm³/mol. The van der Waals surface area contributed by atoms with Crippen molar-refractivity contribution in [3.8, 4) is 0 Å². The van der Waals surface area contributed by atoms with Gasteiger partial charge in [0.1, 0.15) is 0 Å². The van der Waals surface area contributed by atoms with Gasteiger partial charge in [0.05, 0.1) is 0 Å². The Morgan fingerprint density at radius 1 is 1.38 bits per heavy atom. The van der Waals surface area contributed by atoms with E-state index >= 15 is 0 Å². The molecule has 1 aromatic rings. The van der Waals surface area contributed by atoms with Crippen molar-refractivity contribution in [2.75, 3.05) is 18.5 Å². The molecule has 1 unspecified atom stereocenters. The lowest BCUT2D eigenvalue weighted by Crippen LogP contribution is -2.23. The van der Waals surface area contributed by atoms with E-state index in [0.29, 0.717) is 0 Å². The number of benzene rings is 1. The third-order valence-corrected chi connectivity index (χ3v) is 2.75. The van der Waals surface area contributed by atoms with Crippen LogP contribution in [-0.4, -0.2) is 19.6 Å². The van der Waals surface area contributed by atoms with E-state index in [2.05, 4.69) is 50.9 Å². The van der Waals surface area contributed by atoms with Crippen LogP contribution >= 0.6 is 0 Å². The van der Waals surface area contributed by atoms with Gasteiger partial charge in [-0.25, -0.2) is 0 Å². The quantitative estimate of drug-likeness (QED) is 0.826. The van der Waals surface area contributed by atoms with Gasteiger partial charge in [-0.1, -0.05) is 24.6 Å². The number of hydrogen-bond donors (Lipinski definition) is 1. The molecule has 2 heteroatoms. The number of nitrogens with zero attached hydrogens (tertiary/aromatic N) is 1. The summed E-state index contributed by atoms with van der Waals surface area (Å²) in [5.41, 5.74) is 9.90. The highest BCUT2D eigenvalue weighted by Crippen LogP contribution is 2.22. The van der Waals surface area contributed by atoms with Crippen molar-refractivity contribution >= 4 is 5.69 Å². The first-order valence-electron chi connectivity index (χ1n) is 6.10. The minimum atomic E-state index is 0.218. The third-order valence-electron chi connectivity index (χ3n) is 2.75. The van der Waals surface area contributed by atoms with Crippen molar-refractivity contribution in [3.05, 3.63) is 29.3 Å². The second-order valence-corrected chi connectivity index (χ2v) is 4.74. The van der Waals surface area contributed by atoms with Crippen LogP contribution in [0.1, 0.15) is 31.4 Å². The molecule has 2 N–H and O–H groups in total. The number of aryl methyl sites for hydroxylation is 1. The van der Waals surface area contributed by atoms with Crippen LogP contribution in [0.2, 0.25) is 0 Å². The van der Waals surface area contributed by atoms with Crippen molar-refractivity contribution in [2.45, 2.75) is 39.7 Å². The molecule has 90 valence electrons. The standard InChI is InChI=1S/C14H24N2/c1-5-8-16(4)14-7-6-11(2)9-13(14)10-12(3)15/h6-7,9,12H,5,8,10,15H2,1-4H3. The maximum Gasteiger partial charge on any atom is 0.0396 e. The van der Waals surface area contributed by atoms with Gasteiger partial charge < -0.3 is 10.6 Å². The van der Waals surface area contributed by atoms with E-state index in [4.69, 9.17) is 5.73 Å². The van der Waals surface area contributed by atoms with E-state index < -0.39 is 0 Å². The van der Waals surface area contributed by atoms with Crippen LogP contribution in [0.3, 0.4) is 0 Å². The van der Waals surface area contributed by atoms with Crippen LogP contribution in [0.4, 0.5) is 5.69 Å². The minimum Gasteiger partial charge on any atom is -0.374 e. The molecule has 0 aromatic heterocycles. The number of hydrogen-bond acceptors (Lipinski definition) is 2. The lowest BCUT2D eigenvalue weighted by atomic mass is 10.0. The van der Waals surface area contributed by atoms with Gasteiger partial charge in [-0.3, -0.25) is 0 Å². The van der Waals surface area contributed by atoms with E-state index in [1.54, 1.807) is 0 Å². The number of rotatable bonds is 5. The first-order chi connectivity index (χ1) is 7.54. The van der Waals surface area contributed by atoms with Crippen molar-refractivity contribution < 1.29 is 0 Å². The monoisotopic (exact) mass is 220 g/mol. The summed E-state index contributed by atoms with van der Waals surface area (Å²) in [5.74, 6) is 0. The summed E-state index contributed by atoms with van der Waals surface area (Å²) in [5, 5.41) is 0. The SMILES string of the molecule is CCCN(C)c1ccc(C)cc1CC(C)N. The molecule has 0 amide bonds. The number of anilines is 1. The molecule has 0 heterocycles. The fourth-order valence-corrected chi connectivity index (χ4v) is 2.05. The Kier molecular flexibility index (Phi) is 4.81. The van der Waals surface area contributed by atoms with Gasteiger partial charge in [0.2, 0.25) is 0 Å². The summed E-state index contributed by atoms with van der Waals surface area (Å²) >= 11 is 0. The van der Waals surface area contributed by atoms with Gasteiger partial charge in [-0.2, -0.15) is 0 Å². The van der Waals surface area contributed by atoms with Gasteiger partial charge in [0.25, 0.3) is 0 Å². The maximum absolute atomic E-state index is 5.90. The molecule has 1 rings (SSSR count). The molecule has 1 atom stereocenters. The second kappa shape index (κ2) is 5.90. The smallest absolute Gasteiger partial charge is 0.0396 e. The Labute approximate surface area is 99.5 Å². The van der Waals surface area contributed by atoms with Crippen LogP contribution < -0.4 is 10.6 Å². The van der Waals surface area contributed by atoms with Crippen LogP contribution in [-0.2, 0) is 6.42 Å². The van der Waals surface area contributed by atoms with Gasteiger partial charge in [0.15, 0.2) is 0 Å². The summed E-state index contributed by atoms with van der Waals surface area (Å²) in [4.78, 5) is 2.32. The fourth-order valence-electron chi connectivity index (χ4n) is 2.05. The highest BCUT2D eigenvalue weighted by Gasteiger charge is 2.08. The predicted octanol–water partition coefficient (Wildman–Crippen LogP) is 2.73. The highest BCUT2D eigenvalue weighted by atomic mass is 15.1. The van der Waals surface area contributed by atoms with E-state index in [9.17, 15) is 0 Å². The molecule has 0 aliphatic rings. The van der Waals surface area contributed by atoms with Crippen LogP contribution in [0.25, 0.3) is 0 Å². The van der Waals surface area contributed by atoms with Crippen molar-refractivity contribution in [1.82, 2.24) is 0 Å². The average Bonchev–Trinajstić information content (AvgIpc) is 2.16. The molecular weight excluding hydrogens is 196 g/mol. The molecule has 0 radical (unpaired) electrons. The normalized spacial score (nSPS) is 12.6. The Bertz CT molecular complexity index is 332. The summed E-state index contributed by atoms with van der Waals surface area (Å²) in [7, 11) is 2.15. The molecule has 2 nitrogen and oxygen atoms in total. The van der Waals surface area contributed by atoms with E-state index in [-0.39, 0.29) is 6.04 Å². The fraction of sp³-hybridized carbons (Fsp3) is 0.571. The zero-order valence-electron chi connectivity index (χ0n) is 11.0. The van der Waals surface area contributed by atoms with Gasteiger partial charge in [-0.15, -0.1) is 0 Å². The van der Waals surface area contributed by atoms with Crippen LogP contribution in [0, 0.1) is 6.92 Å². The molecule has 1 aromatic carbocycles. The largest absolute Gasteiger partial charge is 0.374 e. The van der Waals surface area contributed by atoms with E-state index in [1.807, 2.05) is 0 Å². The molecular formula is C14H24N2. The molecule has 0 aliphatic carbocycles. The van der Waals surface area contributed by atoms with Crippen molar-refractivity contribution in [1.29, 1.82) is 0 Å². The zero-order valence-corrected chi connectivity index (χ0v) is 11.0. The molecule has 0 aliphatic heterocycles. The van der Waals surface area contributed by atoms with E-state index in [0.717, 1.165) is 13.0 Å². The number of nitrogens with two attached hydrogens (primary N) is 1. The van der Waals surface area contributed by atoms with Gasteiger partial charge >= 0.3 is 0 Å². The molecule has 0 fully saturated rings. The molecule has 0 saturated heterocycles. The molecule has 0 bridgehead atoms. The first-order valence-corrected chi connectivity index (χ1v) is 6.10. The highest BCUT2D eigenvalue weighted by molar-refractivity contribution is 5.54. The summed E-state index contributed by atoms with van der Waals surface area (Å²) in [6.07, 6.45) is 2.12. The Morgan fingerprint density at radius 2 is 2.06 bits per heavy atom. The van der Waals surface area contributed by atoms with Crippen LogP contribution in [0.15, 0.2) is 18.2 Å². The minimum absolute atomic E-state index is 0.218. The summed E-state index contributed by atoms with van der Waals surface area (Å²) in [6.45, 7) is 7.49. The second-order valence-electron chi connectivity index (χ2n) is 4.74. The van der Waals surface area contributed by atoms with Crippen LogP contribution in [0.5, 0.6) is 0 Å². The lowest BCUT2D eigenvalue weighted by Gasteiger charge is -2.23. The Balaban J connectivity index is 2.97. The van der Waals surface area contributed by atoms with Crippen molar-refractivity contribution in [3.63, 3.8) is 0 Å². The van der Waals surface area contributed by atoms with Gasteiger partial charge in [-0.05, 0) is 38.3 Å². The Hall–Kier alpha value is -1.02. The zero-order chi connectivity index (χ0) is 12.1. The van der Waals surface area contributed by atoms with Gasteiger partial charge in [0, 0.05) is 25.3 Å². The summed E-state index contributed by atoms with van der Waals surface area (Å²) < 4.78 is 0. The topological polar surface area (TPSA) is 29.3 Å². The average molecular weight is 220 g/mol. The molecule has 16 heavy (non-hydrogen) atoms. The maximum atomic E-state index is 5.90. The third kappa shape index (κ3) is 3.53.